The second-order valence-electron chi connectivity index (χ2n) is 3.62. The molecular formula is C11H15N3. The molecule has 1 fully saturated rings. The molecule has 0 unspecified atom stereocenters. The molecule has 0 saturated heterocycles. The van der Waals surface area contributed by atoms with E-state index in [4.69, 9.17) is 5.73 Å². The van der Waals surface area contributed by atoms with Crippen LogP contribution < -0.4 is 10.6 Å². The minimum Gasteiger partial charge on any atom is -0.399 e. The molecule has 0 amide bonds. The summed E-state index contributed by atoms with van der Waals surface area (Å²) in [7, 11) is 0. The van der Waals surface area contributed by atoms with Crippen molar-refractivity contribution in [2.75, 3.05) is 17.2 Å². The Bertz CT molecular complexity index is 331. The Labute approximate surface area is 84.2 Å². The molecule has 1 aromatic heterocycles. The van der Waals surface area contributed by atoms with Gasteiger partial charge in [-0.3, -0.25) is 0 Å². The van der Waals surface area contributed by atoms with E-state index in [-0.39, 0.29) is 0 Å². The zero-order valence-electron chi connectivity index (χ0n) is 8.19. The molecule has 2 N–H and O–H groups in total. The summed E-state index contributed by atoms with van der Waals surface area (Å²) >= 11 is 0. The van der Waals surface area contributed by atoms with Crippen molar-refractivity contribution in [3.63, 3.8) is 0 Å². The lowest BCUT2D eigenvalue weighted by Crippen LogP contribution is -2.26. The van der Waals surface area contributed by atoms with Crippen molar-refractivity contribution >= 4 is 11.5 Å². The Morgan fingerprint density at radius 3 is 3.00 bits per heavy atom. The predicted molar refractivity (Wildman–Crippen MR) is 59.2 cm³/mol. The first-order valence-electron chi connectivity index (χ1n) is 4.90. The summed E-state index contributed by atoms with van der Waals surface area (Å²) in [6.07, 6.45) is 6.17. The SMILES string of the molecule is C=CCN(c1cc(N)ccn1)C1CC1. The van der Waals surface area contributed by atoms with E-state index in [0.29, 0.717) is 6.04 Å². The van der Waals surface area contributed by atoms with Crippen molar-refractivity contribution in [2.24, 2.45) is 0 Å². The van der Waals surface area contributed by atoms with E-state index in [9.17, 15) is 0 Å². The molecule has 0 aliphatic heterocycles. The highest BCUT2D eigenvalue weighted by atomic mass is 15.2. The molecule has 0 bridgehead atoms. The number of pyridine rings is 1. The van der Waals surface area contributed by atoms with Crippen LogP contribution in [0.25, 0.3) is 0 Å². The lowest BCUT2D eigenvalue weighted by Gasteiger charge is -2.21. The first-order chi connectivity index (χ1) is 6.81. The maximum atomic E-state index is 5.72. The number of hydrogen-bond acceptors (Lipinski definition) is 3. The Balaban J connectivity index is 2.20. The molecule has 1 saturated carbocycles. The van der Waals surface area contributed by atoms with Gasteiger partial charge in [-0.05, 0) is 18.9 Å². The van der Waals surface area contributed by atoms with E-state index in [0.717, 1.165) is 18.1 Å². The van der Waals surface area contributed by atoms with Crippen LogP contribution in [0.4, 0.5) is 11.5 Å². The summed E-state index contributed by atoms with van der Waals surface area (Å²) < 4.78 is 0. The van der Waals surface area contributed by atoms with Gasteiger partial charge in [0, 0.05) is 30.5 Å². The van der Waals surface area contributed by atoms with Crippen molar-refractivity contribution in [1.29, 1.82) is 0 Å². The Morgan fingerprint density at radius 2 is 2.43 bits per heavy atom. The van der Waals surface area contributed by atoms with Crippen molar-refractivity contribution in [3.05, 3.63) is 31.0 Å². The zero-order valence-corrected chi connectivity index (χ0v) is 8.19. The second-order valence-corrected chi connectivity index (χ2v) is 3.62. The van der Waals surface area contributed by atoms with Gasteiger partial charge >= 0.3 is 0 Å². The number of nitrogens with two attached hydrogens (primary N) is 1. The summed E-state index contributed by atoms with van der Waals surface area (Å²) in [4.78, 5) is 6.57. The van der Waals surface area contributed by atoms with Crippen LogP contribution in [0.1, 0.15) is 12.8 Å². The standard InChI is InChI=1S/C11H15N3/c1-2-7-14(10-3-4-10)11-8-9(12)5-6-13-11/h2,5-6,8,10H,1,3-4,7H2,(H2,12,13). The third-order valence-electron chi connectivity index (χ3n) is 2.38. The maximum absolute atomic E-state index is 5.72. The monoisotopic (exact) mass is 189 g/mol. The van der Waals surface area contributed by atoms with Gasteiger partial charge in [0.1, 0.15) is 5.82 Å². The minimum atomic E-state index is 0.641. The molecule has 74 valence electrons. The Morgan fingerprint density at radius 1 is 1.64 bits per heavy atom. The van der Waals surface area contributed by atoms with Gasteiger partial charge in [-0.1, -0.05) is 6.08 Å². The number of anilines is 2. The fourth-order valence-corrected chi connectivity index (χ4v) is 1.55. The van der Waals surface area contributed by atoms with Crippen molar-refractivity contribution < 1.29 is 0 Å². The zero-order chi connectivity index (χ0) is 9.97. The van der Waals surface area contributed by atoms with Gasteiger partial charge in [0.15, 0.2) is 0 Å². The quantitative estimate of drug-likeness (QED) is 0.734. The fourth-order valence-electron chi connectivity index (χ4n) is 1.55. The van der Waals surface area contributed by atoms with Crippen LogP contribution in [-0.2, 0) is 0 Å². The molecule has 0 aromatic carbocycles. The number of nitrogens with zero attached hydrogens (tertiary/aromatic N) is 2. The van der Waals surface area contributed by atoms with Gasteiger partial charge in [0.25, 0.3) is 0 Å². The van der Waals surface area contributed by atoms with E-state index in [2.05, 4.69) is 16.5 Å². The van der Waals surface area contributed by atoms with Crippen LogP contribution in [0.5, 0.6) is 0 Å². The van der Waals surface area contributed by atoms with E-state index in [1.54, 1.807) is 6.20 Å². The van der Waals surface area contributed by atoms with E-state index in [1.807, 2.05) is 18.2 Å². The number of nitrogen functional groups attached to an aromatic ring is 1. The molecule has 3 heteroatoms. The average molecular weight is 189 g/mol. The smallest absolute Gasteiger partial charge is 0.131 e. The summed E-state index contributed by atoms with van der Waals surface area (Å²) in [5.74, 6) is 0.965. The third kappa shape index (κ3) is 1.87. The molecular weight excluding hydrogens is 174 g/mol. The normalized spacial score (nSPS) is 15.1. The van der Waals surface area contributed by atoms with Crippen LogP contribution in [0.2, 0.25) is 0 Å². The van der Waals surface area contributed by atoms with Crippen LogP contribution in [0, 0.1) is 0 Å². The molecule has 1 aromatic rings. The molecule has 1 heterocycles. The van der Waals surface area contributed by atoms with Crippen molar-refractivity contribution in [2.45, 2.75) is 18.9 Å². The van der Waals surface area contributed by atoms with E-state index in [1.165, 1.54) is 12.8 Å². The lowest BCUT2D eigenvalue weighted by atomic mass is 10.3. The van der Waals surface area contributed by atoms with Gasteiger partial charge in [-0.15, -0.1) is 6.58 Å². The Hall–Kier alpha value is -1.51. The molecule has 0 spiro atoms. The van der Waals surface area contributed by atoms with Crippen molar-refractivity contribution in [3.8, 4) is 0 Å². The maximum Gasteiger partial charge on any atom is 0.131 e. The molecule has 2 rings (SSSR count). The van der Waals surface area contributed by atoms with Crippen LogP contribution in [-0.4, -0.2) is 17.6 Å². The second kappa shape index (κ2) is 3.70. The van der Waals surface area contributed by atoms with E-state index < -0.39 is 0 Å². The predicted octanol–water partition coefficient (Wildman–Crippen LogP) is 1.82. The molecule has 1 aliphatic carbocycles. The minimum absolute atomic E-state index is 0.641. The summed E-state index contributed by atoms with van der Waals surface area (Å²) in [5.41, 5.74) is 6.49. The van der Waals surface area contributed by atoms with Crippen LogP contribution in [0.15, 0.2) is 31.0 Å². The largest absolute Gasteiger partial charge is 0.399 e. The van der Waals surface area contributed by atoms with Crippen LogP contribution in [0.3, 0.4) is 0 Å². The highest BCUT2D eigenvalue weighted by molar-refractivity contribution is 5.51. The topological polar surface area (TPSA) is 42.1 Å². The summed E-state index contributed by atoms with van der Waals surface area (Å²) in [6, 6.07) is 4.37. The van der Waals surface area contributed by atoms with E-state index >= 15 is 0 Å². The molecule has 1 aliphatic rings. The summed E-state index contributed by atoms with van der Waals surface area (Å²) in [6.45, 7) is 4.61. The lowest BCUT2D eigenvalue weighted by molar-refractivity contribution is 0.842. The van der Waals surface area contributed by atoms with Crippen LogP contribution >= 0.6 is 0 Å². The van der Waals surface area contributed by atoms with Crippen molar-refractivity contribution in [1.82, 2.24) is 4.98 Å². The molecule has 3 nitrogen and oxygen atoms in total. The van der Waals surface area contributed by atoms with Gasteiger partial charge in [0.2, 0.25) is 0 Å². The average Bonchev–Trinajstić information content (AvgIpc) is 2.97. The van der Waals surface area contributed by atoms with Gasteiger partial charge in [-0.2, -0.15) is 0 Å². The Kier molecular flexibility index (Phi) is 2.39. The summed E-state index contributed by atoms with van der Waals surface area (Å²) in [5, 5.41) is 0. The van der Waals surface area contributed by atoms with Gasteiger partial charge in [-0.25, -0.2) is 4.98 Å². The number of hydrogen-bond donors (Lipinski definition) is 1. The first-order valence-corrected chi connectivity index (χ1v) is 4.90. The highest BCUT2D eigenvalue weighted by Gasteiger charge is 2.29. The number of rotatable bonds is 4. The molecule has 14 heavy (non-hydrogen) atoms. The third-order valence-corrected chi connectivity index (χ3v) is 2.38. The van der Waals surface area contributed by atoms with Gasteiger partial charge < -0.3 is 10.6 Å². The van der Waals surface area contributed by atoms with Gasteiger partial charge in [0.05, 0.1) is 0 Å². The molecule has 0 atom stereocenters. The fraction of sp³-hybridized carbons (Fsp3) is 0.364. The number of aromatic nitrogens is 1. The highest BCUT2D eigenvalue weighted by Crippen LogP contribution is 2.30. The molecule has 0 radical (unpaired) electrons. The first kappa shape index (κ1) is 9.06.